The molecule has 0 aromatic rings. The number of hydrogen-bond donors (Lipinski definition) is 0. The van der Waals surface area contributed by atoms with Gasteiger partial charge in [0.15, 0.2) is 0 Å². The summed E-state index contributed by atoms with van der Waals surface area (Å²) in [5.74, 6) is 0. The predicted molar refractivity (Wildman–Crippen MR) is 50.1 cm³/mol. The van der Waals surface area contributed by atoms with Crippen molar-refractivity contribution in [2.75, 3.05) is 13.2 Å². The maximum absolute atomic E-state index is 5.37. The van der Waals surface area contributed by atoms with E-state index in [2.05, 4.69) is 0 Å². The predicted octanol–water partition coefficient (Wildman–Crippen LogP) is 1.32. The summed E-state index contributed by atoms with van der Waals surface area (Å²) >= 11 is -1.44. The zero-order valence-corrected chi connectivity index (χ0v) is 12.6. The van der Waals surface area contributed by atoms with Crippen LogP contribution in [-0.4, -0.2) is 50.9 Å². The second-order valence-electron chi connectivity index (χ2n) is 2.36. The molecular formula is C8H18O4Pb. The third kappa shape index (κ3) is 9.08. The van der Waals surface area contributed by atoms with Crippen LogP contribution in [0.1, 0.15) is 27.7 Å². The van der Waals surface area contributed by atoms with Crippen molar-refractivity contribution in [2.45, 2.75) is 40.3 Å². The van der Waals surface area contributed by atoms with E-state index in [9.17, 15) is 0 Å². The molecule has 5 heteroatoms. The molecule has 0 saturated heterocycles. The van der Waals surface area contributed by atoms with Crippen molar-refractivity contribution in [3.8, 4) is 0 Å². The van der Waals surface area contributed by atoms with Gasteiger partial charge in [-0.25, -0.2) is 0 Å². The minimum absolute atomic E-state index is 0.137. The van der Waals surface area contributed by atoms with E-state index < -0.39 is 25.1 Å². The molecule has 78 valence electrons. The first kappa shape index (κ1) is 13.8. The van der Waals surface area contributed by atoms with Gasteiger partial charge in [-0.3, -0.25) is 0 Å². The van der Waals surface area contributed by atoms with Gasteiger partial charge in [0.1, 0.15) is 0 Å². The fourth-order valence-corrected chi connectivity index (χ4v) is 2.50. The molecule has 0 aromatic carbocycles. The molecule has 4 nitrogen and oxygen atoms in total. The Kier molecular flexibility index (Phi) is 9.87. The molecule has 2 radical (unpaired) electrons. The van der Waals surface area contributed by atoms with Crippen molar-refractivity contribution in [2.24, 2.45) is 0 Å². The molecule has 0 bridgehead atoms. The summed E-state index contributed by atoms with van der Waals surface area (Å²) in [5.41, 5.74) is 0. The Morgan fingerprint density at radius 3 is 1.62 bits per heavy atom. The molecule has 0 heterocycles. The van der Waals surface area contributed by atoms with Gasteiger partial charge >= 0.3 is 93.5 Å². The van der Waals surface area contributed by atoms with Crippen LogP contribution in [0.5, 0.6) is 0 Å². The van der Waals surface area contributed by atoms with Gasteiger partial charge in [0.2, 0.25) is 0 Å². The Morgan fingerprint density at radius 2 is 1.31 bits per heavy atom. The van der Waals surface area contributed by atoms with Crippen LogP contribution >= 0.6 is 0 Å². The second kappa shape index (κ2) is 9.32. The summed E-state index contributed by atoms with van der Waals surface area (Å²) < 4.78 is 21.1. The zero-order chi connectivity index (χ0) is 10.1. The van der Waals surface area contributed by atoms with Gasteiger partial charge in [-0.05, 0) is 0 Å². The molecule has 0 amide bonds. The van der Waals surface area contributed by atoms with Crippen molar-refractivity contribution in [1.29, 1.82) is 0 Å². The van der Waals surface area contributed by atoms with E-state index in [0.717, 1.165) is 0 Å². The summed E-state index contributed by atoms with van der Waals surface area (Å²) in [7, 11) is 0. The summed E-state index contributed by atoms with van der Waals surface area (Å²) in [5, 5.41) is 0. The van der Waals surface area contributed by atoms with E-state index in [1.165, 1.54) is 0 Å². The molecule has 0 fully saturated rings. The molecule has 0 aliphatic carbocycles. The molecule has 13 heavy (non-hydrogen) atoms. The van der Waals surface area contributed by atoms with E-state index in [0.29, 0.717) is 13.2 Å². The van der Waals surface area contributed by atoms with E-state index in [1.807, 2.05) is 27.7 Å². The normalized spacial score (nSPS) is 15.7. The minimum atomic E-state index is -1.44. The number of rotatable bonds is 8. The topological polar surface area (TPSA) is 36.9 Å². The van der Waals surface area contributed by atoms with Crippen molar-refractivity contribution in [3.63, 3.8) is 0 Å². The van der Waals surface area contributed by atoms with Crippen LogP contribution < -0.4 is 0 Å². The first-order valence-electron chi connectivity index (χ1n) is 4.50. The first-order valence-corrected chi connectivity index (χ1v) is 7.67. The van der Waals surface area contributed by atoms with Crippen LogP contribution in [0.4, 0.5) is 0 Å². The van der Waals surface area contributed by atoms with Gasteiger partial charge in [-0.2, -0.15) is 0 Å². The van der Waals surface area contributed by atoms with E-state index in [1.54, 1.807) is 0 Å². The van der Waals surface area contributed by atoms with E-state index >= 15 is 0 Å². The summed E-state index contributed by atoms with van der Waals surface area (Å²) in [6, 6.07) is 0. The molecular weight excluding hydrogens is 367 g/mol. The van der Waals surface area contributed by atoms with Crippen LogP contribution in [-0.2, 0) is 14.8 Å². The standard InChI is InChI=1S/2C4H9O2.Pb/c2*1-3-6-4(2)5;/h2*4H,3H2,1-2H3;/q2*-1;+2. The van der Waals surface area contributed by atoms with Crippen molar-refractivity contribution in [1.82, 2.24) is 0 Å². The van der Waals surface area contributed by atoms with Gasteiger partial charge in [0.25, 0.3) is 0 Å². The Hall–Kier alpha value is 0.762. The quantitative estimate of drug-likeness (QED) is 0.467. The van der Waals surface area contributed by atoms with Crippen molar-refractivity contribution < 1.29 is 14.8 Å². The van der Waals surface area contributed by atoms with Crippen molar-refractivity contribution >= 4 is 25.1 Å². The fourth-order valence-electron chi connectivity index (χ4n) is 0.701. The van der Waals surface area contributed by atoms with Gasteiger partial charge in [0, 0.05) is 0 Å². The molecule has 2 unspecified atom stereocenters. The van der Waals surface area contributed by atoms with Crippen LogP contribution in [0, 0.1) is 0 Å². The maximum atomic E-state index is 5.37. The van der Waals surface area contributed by atoms with Gasteiger partial charge in [0.05, 0.1) is 0 Å². The fraction of sp³-hybridized carbons (Fsp3) is 1.00. The average molecular weight is 385 g/mol. The average Bonchev–Trinajstić information content (AvgIpc) is 2.05. The molecule has 2 atom stereocenters. The molecule has 0 aliphatic rings. The SMILES string of the molecule is CCOC(C)[O][Pb][O]C(C)OCC. The Labute approximate surface area is 93.4 Å². The number of ether oxygens (including phenoxy) is 2. The summed E-state index contributed by atoms with van der Waals surface area (Å²) in [6.45, 7) is 8.99. The van der Waals surface area contributed by atoms with Crippen LogP contribution in [0.15, 0.2) is 0 Å². The van der Waals surface area contributed by atoms with Crippen LogP contribution in [0.25, 0.3) is 0 Å². The zero-order valence-electron chi connectivity index (χ0n) is 8.70. The van der Waals surface area contributed by atoms with Crippen molar-refractivity contribution in [3.05, 3.63) is 0 Å². The van der Waals surface area contributed by atoms with E-state index in [4.69, 9.17) is 14.8 Å². The van der Waals surface area contributed by atoms with Gasteiger partial charge < -0.3 is 0 Å². The summed E-state index contributed by atoms with van der Waals surface area (Å²) in [6.07, 6.45) is -0.274. The molecule has 0 N–H and O–H groups in total. The van der Waals surface area contributed by atoms with Crippen LogP contribution in [0.3, 0.4) is 0 Å². The monoisotopic (exact) mass is 386 g/mol. The van der Waals surface area contributed by atoms with Crippen LogP contribution in [0.2, 0.25) is 0 Å². The van der Waals surface area contributed by atoms with E-state index in [-0.39, 0.29) is 12.6 Å². The Morgan fingerprint density at radius 1 is 0.923 bits per heavy atom. The molecule has 0 aliphatic heterocycles. The molecule has 0 saturated carbocycles. The van der Waals surface area contributed by atoms with Gasteiger partial charge in [-0.15, -0.1) is 0 Å². The van der Waals surface area contributed by atoms with Gasteiger partial charge in [-0.1, -0.05) is 0 Å². The molecule has 0 spiro atoms. The summed E-state index contributed by atoms with van der Waals surface area (Å²) in [4.78, 5) is 0. The second-order valence-corrected chi connectivity index (χ2v) is 4.85. The number of hydrogen-bond acceptors (Lipinski definition) is 4. The molecule has 0 aromatic heterocycles. The Bertz CT molecular complexity index is 100. The Balaban J connectivity index is 3.23. The first-order chi connectivity index (χ1) is 6.20. The third-order valence-corrected chi connectivity index (χ3v) is 4.56. The molecule has 0 rings (SSSR count). The third-order valence-electron chi connectivity index (χ3n) is 1.23.